The highest BCUT2D eigenvalue weighted by molar-refractivity contribution is 6.30. The molecule has 6 nitrogen and oxygen atoms in total. The first-order valence-corrected chi connectivity index (χ1v) is 12.0. The van der Waals surface area contributed by atoms with E-state index in [0.29, 0.717) is 10.6 Å². The van der Waals surface area contributed by atoms with Crippen LogP contribution in [0.25, 0.3) is 0 Å². The lowest BCUT2D eigenvalue weighted by Gasteiger charge is -2.42. The molecule has 1 aromatic rings. The first-order valence-electron chi connectivity index (χ1n) is 11.6. The van der Waals surface area contributed by atoms with Crippen molar-refractivity contribution in [3.63, 3.8) is 0 Å². The summed E-state index contributed by atoms with van der Waals surface area (Å²) in [6.07, 6.45) is 11.1. The third-order valence-corrected chi connectivity index (χ3v) is 7.47. The van der Waals surface area contributed by atoms with Gasteiger partial charge in [-0.15, -0.1) is 0 Å². The van der Waals surface area contributed by atoms with Crippen molar-refractivity contribution in [3.05, 3.63) is 34.9 Å². The molecule has 1 N–H and O–H groups in total. The van der Waals surface area contributed by atoms with E-state index in [2.05, 4.69) is 10.2 Å². The molecule has 0 spiro atoms. The number of rotatable bonds is 5. The van der Waals surface area contributed by atoms with Gasteiger partial charge in [0.25, 0.3) is 5.91 Å². The van der Waals surface area contributed by atoms with Gasteiger partial charge in [0.2, 0.25) is 5.91 Å². The number of hydrogen-bond acceptors (Lipinski definition) is 3. The van der Waals surface area contributed by atoms with Crippen LogP contribution in [0.3, 0.4) is 0 Å². The Morgan fingerprint density at radius 3 is 2.03 bits per heavy atom. The lowest BCUT2D eigenvalue weighted by Crippen LogP contribution is -2.53. The maximum Gasteiger partial charge on any atom is 0.325 e. The molecule has 7 heteroatoms. The molecule has 1 aromatic carbocycles. The Hall–Kier alpha value is -2.08. The molecule has 31 heavy (non-hydrogen) atoms. The predicted molar refractivity (Wildman–Crippen MR) is 120 cm³/mol. The average molecular weight is 446 g/mol. The minimum absolute atomic E-state index is 0.0948. The van der Waals surface area contributed by atoms with Crippen LogP contribution in [0.5, 0.6) is 0 Å². The summed E-state index contributed by atoms with van der Waals surface area (Å²) >= 11 is 5.98. The van der Waals surface area contributed by atoms with E-state index < -0.39 is 11.6 Å². The Bertz CT molecular complexity index is 813. The normalized spacial score (nSPS) is 25.5. The van der Waals surface area contributed by atoms with Gasteiger partial charge in [0.15, 0.2) is 0 Å². The summed E-state index contributed by atoms with van der Waals surface area (Å²) in [6.45, 7) is 1.49. The monoisotopic (exact) mass is 445 g/mol. The van der Waals surface area contributed by atoms with Crippen molar-refractivity contribution in [2.24, 2.45) is 0 Å². The van der Waals surface area contributed by atoms with Crippen LogP contribution >= 0.6 is 11.6 Å². The fraction of sp³-hybridized carbons (Fsp3) is 0.625. The van der Waals surface area contributed by atoms with Crippen molar-refractivity contribution in [3.8, 4) is 0 Å². The number of hydrogen-bond donors (Lipinski definition) is 1. The highest BCUT2D eigenvalue weighted by atomic mass is 35.5. The second-order valence-electron chi connectivity index (χ2n) is 9.34. The van der Waals surface area contributed by atoms with Gasteiger partial charge in [-0.2, -0.15) is 0 Å². The maximum absolute atomic E-state index is 13.5. The van der Waals surface area contributed by atoms with E-state index in [1.54, 1.807) is 31.2 Å². The molecule has 2 aliphatic carbocycles. The number of carbonyl (C=O) groups is 3. The van der Waals surface area contributed by atoms with Gasteiger partial charge < -0.3 is 10.2 Å². The van der Waals surface area contributed by atoms with Gasteiger partial charge >= 0.3 is 6.03 Å². The van der Waals surface area contributed by atoms with Gasteiger partial charge in [-0.1, -0.05) is 62.3 Å². The lowest BCUT2D eigenvalue weighted by molar-refractivity contribution is -0.143. The van der Waals surface area contributed by atoms with Crippen LogP contribution in [0, 0.1) is 0 Å². The first-order chi connectivity index (χ1) is 14.9. The standard InChI is InChI=1S/C24H32ClN3O3/c1-24(17-12-14-18(25)15-13-17)22(30)27(23(31)26-24)16-21(29)28(19-8-4-2-5-9-19)20-10-6-3-7-11-20/h12-15,19-20H,2-11,16H2,1H3,(H,26,31)/t24-/m1/s1. The number of nitrogens with one attached hydrogen (secondary N) is 1. The van der Waals surface area contributed by atoms with Crippen molar-refractivity contribution in [2.45, 2.75) is 88.8 Å². The first kappa shape index (κ1) is 22.1. The SMILES string of the molecule is C[C@]1(c2ccc(Cl)cc2)NC(=O)N(CC(=O)N(C2CCCCC2)C2CCCCC2)C1=O. The number of carbonyl (C=O) groups excluding carboxylic acids is 3. The predicted octanol–water partition coefficient (Wildman–Crippen LogP) is 4.60. The minimum Gasteiger partial charge on any atom is -0.335 e. The van der Waals surface area contributed by atoms with E-state index in [0.717, 1.165) is 56.3 Å². The highest BCUT2D eigenvalue weighted by Gasteiger charge is 2.50. The average Bonchev–Trinajstić information content (AvgIpc) is 3.00. The number of benzene rings is 1. The second-order valence-corrected chi connectivity index (χ2v) is 9.77. The molecule has 168 valence electrons. The van der Waals surface area contributed by atoms with Crippen LogP contribution in [-0.4, -0.2) is 46.3 Å². The largest absolute Gasteiger partial charge is 0.335 e. The molecule has 0 unspecified atom stereocenters. The molecule has 1 atom stereocenters. The summed E-state index contributed by atoms with van der Waals surface area (Å²) in [5.74, 6) is -0.483. The third kappa shape index (κ3) is 4.45. The van der Waals surface area contributed by atoms with Gasteiger partial charge in [-0.25, -0.2) is 4.79 Å². The second kappa shape index (κ2) is 9.19. The Kier molecular flexibility index (Phi) is 6.56. The summed E-state index contributed by atoms with van der Waals surface area (Å²) in [4.78, 5) is 42.7. The molecule has 4 rings (SSSR count). The van der Waals surface area contributed by atoms with Gasteiger partial charge in [0, 0.05) is 17.1 Å². The summed E-state index contributed by atoms with van der Waals surface area (Å²) in [7, 11) is 0. The Labute approximate surface area is 189 Å². The van der Waals surface area contributed by atoms with Crippen LogP contribution in [0.1, 0.15) is 76.7 Å². The topological polar surface area (TPSA) is 69.7 Å². The van der Waals surface area contributed by atoms with E-state index >= 15 is 0 Å². The number of imide groups is 1. The molecule has 0 aromatic heterocycles. The van der Waals surface area contributed by atoms with Crippen molar-refractivity contribution in [1.29, 1.82) is 0 Å². The highest BCUT2D eigenvalue weighted by Crippen LogP contribution is 2.32. The fourth-order valence-electron chi connectivity index (χ4n) is 5.46. The van der Waals surface area contributed by atoms with E-state index in [4.69, 9.17) is 11.6 Å². The van der Waals surface area contributed by atoms with Crippen LogP contribution in [0.4, 0.5) is 4.79 Å². The van der Waals surface area contributed by atoms with Crippen LogP contribution in [-0.2, 0) is 15.1 Å². The number of urea groups is 1. The number of amides is 4. The van der Waals surface area contributed by atoms with Crippen molar-refractivity contribution >= 4 is 29.4 Å². The zero-order valence-corrected chi connectivity index (χ0v) is 19.0. The Morgan fingerprint density at radius 2 is 1.52 bits per heavy atom. The van der Waals surface area contributed by atoms with Crippen LogP contribution < -0.4 is 5.32 Å². The molecule has 2 saturated carbocycles. The van der Waals surface area contributed by atoms with Gasteiger partial charge in [-0.3, -0.25) is 14.5 Å². The lowest BCUT2D eigenvalue weighted by atomic mass is 9.88. The van der Waals surface area contributed by atoms with E-state index in [-0.39, 0.29) is 30.4 Å². The Balaban J connectivity index is 1.53. The van der Waals surface area contributed by atoms with Gasteiger partial charge in [0.05, 0.1) is 0 Å². The summed E-state index contributed by atoms with van der Waals surface area (Å²) in [5.41, 5.74) is -0.538. The zero-order chi connectivity index (χ0) is 22.0. The zero-order valence-electron chi connectivity index (χ0n) is 18.2. The number of halogens is 1. The molecular formula is C24H32ClN3O3. The molecule has 3 aliphatic rings. The molecule has 1 heterocycles. The quantitative estimate of drug-likeness (QED) is 0.673. The molecule has 4 amide bonds. The van der Waals surface area contributed by atoms with E-state index in [9.17, 15) is 14.4 Å². The molecule has 1 aliphatic heterocycles. The minimum atomic E-state index is -1.19. The maximum atomic E-state index is 13.5. The Morgan fingerprint density at radius 1 is 1.00 bits per heavy atom. The van der Waals surface area contributed by atoms with Crippen molar-refractivity contribution < 1.29 is 14.4 Å². The van der Waals surface area contributed by atoms with Crippen molar-refractivity contribution in [2.75, 3.05) is 6.54 Å². The van der Waals surface area contributed by atoms with Crippen molar-refractivity contribution in [1.82, 2.24) is 15.1 Å². The van der Waals surface area contributed by atoms with Gasteiger partial charge in [0.1, 0.15) is 12.1 Å². The van der Waals surface area contributed by atoms with E-state index in [1.165, 1.54) is 12.8 Å². The summed E-state index contributed by atoms with van der Waals surface area (Å²) in [5, 5.41) is 3.35. The van der Waals surface area contributed by atoms with Crippen LogP contribution in [0.2, 0.25) is 5.02 Å². The molecule has 3 fully saturated rings. The summed E-state index contributed by atoms with van der Waals surface area (Å²) in [6, 6.07) is 6.82. The molecule has 1 saturated heterocycles. The van der Waals surface area contributed by atoms with E-state index in [1.807, 2.05) is 0 Å². The molecule has 0 bridgehead atoms. The van der Waals surface area contributed by atoms with Gasteiger partial charge in [-0.05, 0) is 50.3 Å². The molecular weight excluding hydrogens is 414 g/mol. The fourth-order valence-corrected chi connectivity index (χ4v) is 5.59. The number of nitrogens with zero attached hydrogens (tertiary/aromatic N) is 2. The smallest absolute Gasteiger partial charge is 0.325 e. The van der Waals surface area contributed by atoms with Crippen LogP contribution in [0.15, 0.2) is 24.3 Å². The molecule has 0 radical (unpaired) electrons. The third-order valence-electron chi connectivity index (χ3n) is 7.21. The summed E-state index contributed by atoms with van der Waals surface area (Å²) < 4.78 is 0.